The van der Waals surface area contributed by atoms with E-state index in [2.05, 4.69) is 0 Å². The van der Waals surface area contributed by atoms with Crippen LogP contribution in [0.4, 0.5) is 0 Å². The van der Waals surface area contributed by atoms with E-state index in [0.717, 1.165) is 22.5 Å². The smallest absolute Gasteiger partial charge is 0.328 e. The Morgan fingerprint density at radius 2 is 1.59 bits per heavy atom. The number of rotatable bonds is 5. The van der Waals surface area contributed by atoms with Crippen molar-refractivity contribution in [1.29, 1.82) is 0 Å². The molecule has 5 heteroatoms. The lowest BCUT2D eigenvalue weighted by atomic mass is 10.3. The Labute approximate surface area is 128 Å². The molecule has 1 aromatic heterocycles. The second-order valence-electron chi connectivity index (χ2n) is 5.01. The van der Waals surface area contributed by atoms with Gasteiger partial charge in [0, 0.05) is 7.05 Å². The standard InChI is InChI=1S/C17H18N2O3/c1-18-15-5-3-4-6-16(15)19(17(18)20)11-12-22-14-9-7-13(21-2)8-10-14/h3-10H,11-12H2,1-2H3. The van der Waals surface area contributed by atoms with Crippen LogP contribution >= 0.6 is 0 Å². The molecule has 5 nitrogen and oxygen atoms in total. The predicted octanol–water partition coefficient (Wildman–Crippen LogP) is 2.43. The molecule has 0 spiro atoms. The minimum atomic E-state index is -0.0282. The van der Waals surface area contributed by atoms with Crippen LogP contribution < -0.4 is 15.2 Å². The van der Waals surface area contributed by atoms with Crippen LogP contribution in [0.25, 0.3) is 11.0 Å². The monoisotopic (exact) mass is 298 g/mol. The Hall–Kier alpha value is -2.69. The summed E-state index contributed by atoms with van der Waals surface area (Å²) >= 11 is 0. The minimum Gasteiger partial charge on any atom is -0.497 e. The van der Waals surface area contributed by atoms with E-state index in [4.69, 9.17) is 9.47 Å². The molecule has 0 radical (unpaired) electrons. The molecule has 0 atom stereocenters. The van der Waals surface area contributed by atoms with Gasteiger partial charge in [0.1, 0.15) is 18.1 Å². The van der Waals surface area contributed by atoms with Crippen molar-refractivity contribution >= 4 is 11.0 Å². The summed E-state index contributed by atoms with van der Waals surface area (Å²) < 4.78 is 14.2. The topological polar surface area (TPSA) is 45.4 Å². The Morgan fingerprint density at radius 3 is 2.27 bits per heavy atom. The second-order valence-corrected chi connectivity index (χ2v) is 5.01. The number of nitrogens with zero attached hydrogens (tertiary/aromatic N) is 2. The molecule has 1 heterocycles. The molecule has 3 rings (SSSR count). The van der Waals surface area contributed by atoms with Crippen LogP contribution in [0, 0.1) is 0 Å². The summed E-state index contributed by atoms with van der Waals surface area (Å²) in [5.74, 6) is 1.55. The van der Waals surface area contributed by atoms with Crippen molar-refractivity contribution in [2.75, 3.05) is 13.7 Å². The normalized spacial score (nSPS) is 10.8. The number of benzene rings is 2. The van der Waals surface area contributed by atoms with E-state index >= 15 is 0 Å². The van der Waals surface area contributed by atoms with Crippen molar-refractivity contribution in [1.82, 2.24) is 9.13 Å². The number of imidazole rings is 1. The molecule has 0 saturated carbocycles. The third kappa shape index (κ3) is 2.57. The molecule has 0 fully saturated rings. The third-order valence-corrected chi connectivity index (χ3v) is 3.69. The third-order valence-electron chi connectivity index (χ3n) is 3.69. The van der Waals surface area contributed by atoms with E-state index in [1.165, 1.54) is 0 Å². The molecule has 22 heavy (non-hydrogen) atoms. The summed E-state index contributed by atoms with van der Waals surface area (Å²) in [6, 6.07) is 15.2. The van der Waals surface area contributed by atoms with E-state index in [-0.39, 0.29) is 5.69 Å². The number of hydrogen-bond donors (Lipinski definition) is 0. The first-order valence-corrected chi connectivity index (χ1v) is 7.12. The quantitative estimate of drug-likeness (QED) is 0.727. The molecule has 0 aliphatic rings. The van der Waals surface area contributed by atoms with Crippen LogP contribution in [0.15, 0.2) is 53.3 Å². The molecular weight excluding hydrogens is 280 g/mol. The number of ether oxygens (including phenoxy) is 2. The van der Waals surface area contributed by atoms with Crippen molar-refractivity contribution in [2.45, 2.75) is 6.54 Å². The van der Waals surface area contributed by atoms with Gasteiger partial charge in [0.15, 0.2) is 0 Å². The number of para-hydroxylation sites is 2. The lowest BCUT2D eigenvalue weighted by molar-refractivity contribution is 0.297. The van der Waals surface area contributed by atoms with Crippen molar-refractivity contribution in [2.24, 2.45) is 7.05 Å². The SMILES string of the molecule is COc1ccc(OCCn2c(=O)n(C)c3ccccc32)cc1. The number of fused-ring (bicyclic) bond motifs is 1. The van der Waals surface area contributed by atoms with E-state index < -0.39 is 0 Å². The van der Waals surface area contributed by atoms with Crippen LogP contribution in [-0.4, -0.2) is 22.9 Å². The average Bonchev–Trinajstić information content (AvgIpc) is 2.81. The van der Waals surface area contributed by atoms with Crippen LogP contribution in [0.2, 0.25) is 0 Å². The highest BCUT2D eigenvalue weighted by Gasteiger charge is 2.09. The molecular formula is C17H18N2O3. The molecule has 114 valence electrons. The van der Waals surface area contributed by atoms with Crippen LogP contribution in [0.3, 0.4) is 0 Å². The first-order valence-electron chi connectivity index (χ1n) is 7.12. The highest BCUT2D eigenvalue weighted by molar-refractivity contribution is 5.75. The zero-order chi connectivity index (χ0) is 15.5. The fourth-order valence-corrected chi connectivity index (χ4v) is 2.51. The minimum absolute atomic E-state index is 0.0282. The molecule has 0 amide bonds. The molecule has 3 aromatic rings. The van der Waals surface area contributed by atoms with Crippen LogP contribution in [-0.2, 0) is 13.6 Å². The maximum atomic E-state index is 12.3. The van der Waals surface area contributed by atoms with Crippen LogP contribution in [0.5, 0.6) is 11.5 Å². The van der Waals surface area contributed by atoms with Crippen molar-refractivity contribution in [3.8, 4) is 11.5 Å². The Kier molecular flexibility index (Phi) is 3.87. The van der Waals surface area contributed by atoms with Gasteiger partial charge in [0.05, 0.1) is 24.7 Å². The fraction of sp³-hybridized carbons (Fsp3) is 0.235. The molecule has 0 saturated heterocycles. The van der Waals surface area contributed by atoms with Gasteiger partial charge in [0.2, 0.25) is 0 Å². The molecule has 0 aliphatic heterocycles. The van der Waals surface area contributed by atoms with Crippen LogP contribution in [0.1, 0.15) is 0 Å². The van der Waals surface area contributed by atoms with Gasteiger partial charge in [-0.05, 0) is 36.4 Å². The summed E-state index contributed by atoms with van der Waals surface area (Å²) in [6.45, 7) is 0.937. The van der Waals surface area contributed by atoms with Crippen molar-refractivity contribution < 1.29 is 9.47 Å². The highest BCUT2D eigenvalue weighted by Crippen LogP contribution is 2.17. The fourth-order valence-electron chi connectivity index (χ4n) is 2.51. The molecule has 0 N–H and O–H groups in total. The maximum Gasteiger partial charge on any atom is 0.328 e. The lowest BCUT2D eigenvalue weighted by Crippen LogP contribution is -2.24. The van der Waals surface area contributed by atoms with Gasteiger partial charge in [0.25, 0.3) is 0 Å². The summed E-state index contributed by atoms with van der Waals surface area (Å²) in [7, 11) is 3.41. The summed E-state index contributed by atoms with van der Waals surface area (Å²) in [4.78, 5) is 12.3. The van der Waals surface area contributed by atoms with E-state index in [0.29, 0.717) is 13.2 Å². The lowest BCUT2D eigenvalue weighted by Gasteiger charge is -2.08. The van der Waals surface area contributed by atoms with Gasteiger partial charge in [-0.1, -0.05) is 12.1 Å². The molecule has 0 aliphatic carbocycles. The molecule has 0 bridgehead atoms. The van der Waals surface area contributed by atoms with Crippen molar-refractivity contribution in [3.63, 3.8) is 0 Å². The Balaban J connectivity index is 1.74. The summed E-state index contributed by atoms with van der Waals surface area (Å²) in [5, 5.41) is 0. The largest absolute Gasteiger partial charge is 0.497 e. The van der Waals surface area contributed by atoms with Crippen molar-refractivity contribution in [3.05, 3.63) is 59.0 Å². The summed E-state index contributed by atoms with van der Waals surface area (Å²) in [5.41, 5.74) is 1.82. The number of hydrogen-bond acceptors (Lipinski definition) is 3. The molecule has 0 unspecified atom stereocenters. The van der Waals surface area contributed by atoms with Gasteiger partial charge in [-0.25, -0.2) is 4.79 Å². The first kappa shape index (κ1) is 14.3. The maximum absolute atomic E-state index is 12.3. The number of aromatic nitrogens is 2. The zero-order valence-electron chi connectivity index (χ0n) is 12.7. The number of methoxy groups -OCH3 is 1. The molecule has 2 aromatic carbocycles. The van der Waals surface area contributed by atoms with E-state index in [9.17, 15) is 4.79 Å². The highest BCUT2D eigenvalue weighted by atomic mass is 16.5. The van der Waals surface area contributed by atoms with E-state index in [1.807, 2.05) is 48.5 Å². The number of aryl methyl sites for hydroxylation is 1. The first-order chi connectivity index (χ1) is 10.7. The predicted molar refractivity (Wildman–Crippen MR) is 85.7 cm³/mol. The zero-order valence-corrected chi connectivity index (χ0v) is 12.7. The van der Waals surface area contributed by atoms with Gasteiger partial charge in [-0.2, -0.15) is 0 Å². The average molecular weight is 298 g/mol. The Morgan fingerprint density at radius 1 is 0.955 bits per heavy atom. The van der Waals surface area contributed by atoms with E-state index in [1.54, 1.807) is 23.3 Å². The van der Waals surface area contributed by atoms with Gasteiger partial charge in [-0.3, -0.25) is 9.13 Å². The summed E-state index contributed by atoms with van der Waals surface area (Å²) in [6.07, 6.45) is 0. The second kappa shape index (κ2) is 5.97. The van der Waals surface area contributed by atoms with Gasteiger partial charge in [-0.15, -0.1) is 0 Å². The van der Waals surface area contributed by atoms with Gasteiger partial charge >= 0.3 is 5.69 Å². The van der Waals surface area contributed by atoms with Gasteiger partial charge < -0.3 is 9.47 Å². The Bertz CT molecular complexity index is 831.